The summed E-state index contributed by atoms with van der Waals surface area (Å²) in [6.45, 7) is 4.75. The van der Waals surface area contributed by atoms with Crippen LogP contribution in [0.15, 0.2) is 0 Å². The first kappa shape index (κ1) is 10.4. The number of hydrogen-bond donors (Lipinski definition) is 2. The largest absolute Gasteiger partial charge is 0.393 e. The van der Waals surface area contributed by atoms with Gasteiger partial charge in [-0.15, -0.1) is 0 Å². The van der Waals surface area contributed by atoms with Crippen LogP contribution in [-0.2, 0) is 0 Å². The number of rotatable bonds is 2. The molecule has 2 rings (SSSR count). The average molecular weight is 197 g/mol. The van der Waals surface area contributed by atoms with E-state index in [1.165, 1.54) is 25.7 Å². The lowest BCUT2D eigenvalue weighted by molar-refractivity contribution is 0.0405. The summed E-state index contributed by atoms with van der Waals surface area (Å²) in [7, 11) is 0. The molecule has 2 heteroatoms. The number of nitrogens with one attached hydrogen (secondary N) is 1. The maximum atomic E-state index is 9.24. The molecule has 2 nitrogen and oxygen atoms in total. The Morgan fingerprint density at radius 1 is 1.21 bits per heavy atom. The van der Waals surface area contributed by atoms with Gasteiger partial charge in [-0.1, -0.05) is 26.7 Å². The summed E-state index contributed by atoms with van der Waals surface area (Å²) in [6.07, 6.45) is 7.33. The Morgan fingerprint density at radius 2 is 1.93 bits per heavy atom. The zero-order valence-corrected chi connectivity index (χ0v) is 9.42. The average Bonchev–Trinajstić information content (AvgIpc) is 2.05. The van der Waals surface area contributed by atoms with Gasteiger partial charge < -0.3 is 10.4 Å². The standard InChI is InChI=1S/C12H23NO/c1-12(2)6-4-3-5-11(12)13-9-7-10(14)8-9/h9-11,13-14H,3-8H2,1-2H3. The molecule has 2 saturated carbocycles. The SMILES string of the molecule is CC1(C)CCCCC1NC1CC(O)C1. The first-order chi connectivity index (χ1) is 6.58. The second kappa shape index (κ2) is 3.82. The van der Waals surface area contributed by atoms with E-state index in [4.69, 9.17) is 0 Å². The van der Waals surface area contributed by atoms with E-state index in [0.717, 1.165) is 12.8 Å². The Hall–Kier alpha value is -0.0800. The first-order valence-electron chi connectivity index (χ1n) is 6.02. The van der Waals surface area contributed by atoms with E-state index in [1.807, 2.05) is 0 Å². The van der Waals surface area contributed by atoms with Gasteiger partial charge in [0.15, 0.2) is 0 Å². The lowest BCUT2D eigenvalue weighted by Crippen LogP contribution is -2.54. The van der Waals surface area contributed by atoms with E-state index < -0.39 is 0 Å². The van der Waals surface area contributed by atoms with E-state index in [9.17, 15) is 5.11 Å². The van der Waals surface area contributed by atoms with Crippen molar-refractivity contribution in [2.24, 2.45) is 5.41 Å². The maximum Gasteiger partial charge on any atom is 0.0570 e. The van der Waals surface area contributed by atoms with Gasteiger partial charge in [-0.25, -0.2) is 0 Å². The molecule has 2 aliphatic rings. The van der Waals surface area contributed by atoms with Gasteiger partial charge in [-0.05, 0) is 31.1 Å². The van der Waals surface area contributed by atoms with Crippen LogP contribution in [-0.4, -0.2) is 23.3 Å². The Kier molecular flexibility index (Phi) is 2.85. The zero-order valence-electron chi connectivity index (χ0n) is 9.42. The maximum absolute atomic E-state index is 9.24. The van der Waals surface area contributed by atoms with Crippen molar-refractivity contribution in [3.63, 3.8) is 0 Å². The van der Waals surface area contributed by atoms with Crippen molar-refractivity contribution in [2.45, 2.75) is 70.6 Å². The molecule has 0 aromatic heterocycles. The molecule has 0 radical (unpaired) electrons. The third-order valence-electron chi connectivity index (χ3n) is 4.06. The smallest absolute Gasteiger partial charge is 0.0570 e. The van der Waals surface area contributed by atoms with Gasteiger partial charge in [-0.2, -0.15) is 0 Å². The van der Waals surface area contributed by atoms with Crippen LogP contribution in [0.3, 0.4) is 0 Å². The molecule has 0 aromatic rings. The van der Waals surface area contributed by atoms with Gasteiger partial charge in [0, 0.05) is 12.1 Å². The van der Waals surface area contributed by atoms with Gasteiger partial charge in [0.1, 0.15) is 0 Å². The molecule has 0 spiro atoms. The summed E-state index contributed by atoms with van der Waals surface area (Å²) < 4.78 is 0. The fourth-order valence-corrected chi connectivity index (χ4v) is 2.81. The molecule has 1 unspecified atom stereocenters. The molecule has 82 valence electrons. The highest BCUT2D eigenvalue weighted by atomic mass is 16.3. The molecular formula is C12H23NO. The van der Waals surface area contributed by atoms with Gasteiger partial charge >= 0.3 is 0 Å². The summed E-state index contributed by atoms with van der Waals surface area (Å²) >= 11 is 0. The van der Waals surface area contributed by atoms with Gasteiger partial charge in [0.05, 0.1) is 6.10 Å². The van der Waals surface area contributed by atoms with Crippen LogP contribution in [0.5, 0.6) is 0 Å². The molecule has 0 aliphatic heterocycles. The predicted molar refractivity (Wildman–Crippen MR) is 58.2 cm³/mol. The molecule has 0 aromatic carbocycles. The highest BCUT2D eigenvalue weighted by molar-refractivity contribution is 4.93. The molecule has 1 atom stereocenters. The summed E-state index contributed by atoms with van der Waals surface area (Å²) in [5, 5.41) is 13.0. The normalized spacial score (nSPS) is 41.8. The summed E-state index contributed by atoms with van der Waals surface area (Å²) in [5.41, 5.74) is 0.457. The van der Waals surface area contributed by atoms with Crippen LogP contribution in [0, 0.1) is 5.41 Å². The van der Waals surface area contributed by atoms with Crippen molar-refractivity contribution in [1.82, 2.24) is 5.32 Å². The number of aliphatic hydroxyl groups excluding tert-OH is 1. The van der Waals surface area contributed by atoms with Crippen LogP contribution < -0.4 is 5.32 Å². The topological polar surface area (TPSA) is 32.3 Å². The third kappa shape index (κ3) is 2.12. The second-order valence-electron chi connectivity index (χ2n) is 5.78. The van der Waals surface area contributed by atoms with Crippen LogP contribution in [0.1, 0.15) is 52.4 Å². The quantitative estimate of drug-likeness (QED) is 0.710. The minimum absolute atomic E-state index is 0.0285. The van der Waals surface area contributed by atoms with E-state index in [1.54, 1.807) is 0 Å². The highest BCUT2D eigenvalue weighted by Gasteiger charge is 2.36. The zero-order chi connectivity index (χ0) is 10.2. The molecule has 0 amide bonds. The minimum Gasteiger partial charge on any atom is -0.393 e. The lowest BCUT2D eigenvalue weighted by atomic mass is 9.72. The molecular weight excluding hydrogens is 174 g/mol. The van der Waals surface area contributed by atoms with Crippen LogP contribution in [0.4, 0.5) is 0 Å². The first-order valence-corrected chi connectivity index (χ1v) is 6.02. The molecule has 14 heavy (non-hydrogen) atoms. The van der Waals surface area contributed by atoms with Gasteiger partial charge in [0.25, 0.3) is 0 Å². The summed E-state index contributed by atoms with van der Waals surface area (Å²) in [5.74, 6) is 0. The second-order valence-corrected chi connectivity index (χ2v) is 5.78. The van der Waals surface area contributed by atoms with Crippen LogP contribution in [0.2, 0.25) is 0 Å². The fraction of sp³-hybridized carbons (Fsp3) is 1.00. The summed E-state index contributed by atoms with van der Waals surface area (Å²) in [4.78, 5) is 0. The van der Waals surface area contributed by atoms with Crippen molar-refractivity contribution in [2.75, 3.05) is 0 Å². The Balaban J connectivity index is 1.83. The molecule has 2 N–H and O–H groups in total. The minimum atomic E-state index is -0.0285. The summed E-state index contributed by atoms with van der Waals surface area (Å²) in [6, 6.07) is 1.26. The van der Waals surface area contributed by atoms with Crippen LogP contribution >= 0.6 is 0 Å². The van der Waals surface area contributed by atoms with Crippen molar-refractivity contribution in [3.05, 3.63) is 0 Å². The van der Waals surface area contributed by atoms with E-state index in [2.05, 4.69) is 19.2 Å². The van der Waals surface area contributed by atoms with Crippen molar-refractivity contribution in [1.29, 1.82) is 0 Å². The third-order valence-corrected chi connectivity index (χ3v) is 4.06. The van der Waals surface area contributed by atoms with E-state index >= 15 is 0 Å². The monoisotopic (exact) mass is 197 g/mol. The molecule has 2 aliphatic carbocycles. The Bertz CT molecular complexity index is 196. The molecule has 2 fully saturated rings. The lowest BCUT2D eigenvalue weighted by Gasteiger charge is -2.44. The fourth-order valence-electron chi connectivity index (χ4n) is 2.81. The Morgan fingerprint density at radius 3 is 2.50 bits per heavy atom. The van der Waals surface area contributed by atoms with Gasteiger partial charge in [0.2, 0.25) is 0 Å². The highest BCUT2D eigenvalue weighted by Crippen LogP contribution is 2.36. The van der Waals surface area contributed by atoms with Gasteiger partial charge in [-0.3, -0.25) is 0 Å². The van der Waals surface area contributed by atoms with E-state index in [-0.39, 0.29) is 6.10 Å². The van der Waals surface area contributed by atoms with E-state index in [0.29, 0.717) is 17.5 Å². The Labute approximate surface area is 87.1 Å². The van der Waals surface area contributed by atoms with Crippen molar-refractivity contribution < 1.29 is 5.11 Å². The number of aliphatic hydroxyl groups is 1. The molecule has 0 heterocycles. The predicted octanol–water partition coefficient (Wildman–Crippen LogP) is 2.07. The number of hydrogen-bond acceptors (Lipinski definition) is 2. The van der Waals surface area contributed by atoms with Crippen LogP contribution in [0.25, 0.3) is 0 Å². The molecule has 0 saturated heterocycles. The van der Waals surface area contributed by atoms with Crippen molar-refractivity contribution >= 4 is 0 Å². The van der Waals surface area contributed by atoms with Crippen molar-refractivity contribution in [3.8, 4) is 0 Å². The molecule has 0 bridgehead atoms.